The first-order valence-corrected chi connectivity index (χ1v) is 9.77. The quantitative estimate of drug-likeness (QED) is 0.623. The number of hydrogen-bond acceptors (Lipinski definition) is 6. The van der Waals surface area contributed by atoms with E-state index in [1.807, 2.05) is 36.5 Å². The third kappa shape index (κ3) is 4.39. The van der Waals surface area contributed by atoms with Crippen molar-refractivity contribution in [3.63, 3.8) is 0 Å². The molecule has 1 fully saturated rings. The average Bonchev–Trinajstić information content (AvgIpc) is 2.72. The molecule has 0 saturated carbocycles. The minimum atomic E-state index is 0.672. The van der Waals surface area contributed by atoms with Crippen molar-refractivity contribution in [1.29, 1.82) is 0 Å². The fraction of sp³-hybridized carbons (Fsp3) is 0.350. The lowest BCUT2D eigenvalue weighted by atomic mass is 10.1. The summed E-state index contributed by atoms with van der Waals surface area (Å²) >= 11 is 6.05. The summed E-state index contributed by atoms with van der Waals surface area (Å²) in [6.07, 6.45) is 7.41. The fourth-order valence-electron chi connectivity index (χ4n) is 3.38. The maximum Gasteiger partial charge on any atom is 0.224 e. The van der Waals surface area contributed by atoms with Gasteiger partial charge in [-0.05, 0) is 49.6 Å². The molecule has 1 aromatic carbocycles. The lowest BCUT2D eigenvalue weighted by Gasteiger charge is -2.27. The molecule has 7 heteroatoms. The summed E-state index contributed by atoms with van der Waals surface area (Å²) in [5.74, 6) is 1.68. The topological polar surface area (TPSA) is 66.0 Å². The molecule has 0 atom stereocenters. The zero-order valence-electron chi connectivity index (χ0n) is 15.2. The van der Waals surface area contributed by atoms with Gasteiger partial charge in [-0.25, -0.2) is 4.98 Å². The molecular formula is C20H23ClN6. The number of pyridine rings is 1. The van der Waals surface area contributed by atoms with Crippen molar-refractivity contribution in [2.75, 3.05) is 41.7 Å². The van der Waals surface area contributed by atoms with Crippen LogP contribution in [0.25, 0.3) is 10.9 Å². The molecule has 0 bridgehead atoms. The van der Waals surface area contributed by atoms with E-state index in [1.165, 1.54) is 19.3 Å². The van der Waals surface area contributed by atoms with E-state index in [-0.39, 0.29) is 0 Å². The standard InChI is InChI=1S/C20H23ClN6/c21-15-4-5-16-17(6-8-22-18(16)14-15)23-10-11-25-20-24-9-7-19(26-20)27-12-2-1-3-13-27/h4-9,14H,1-3,10-13H2,(H,22,23)(H,24,25,26). The molecule has 0 amide bonds. The first kappa shape index (κ1) is 17.8. The molecule has 3 aromatic rings. The summed E-state index contributed by atoms with van der Waals surface area (Å²) in [5, 5.41) is 8.50. The number of aromatic nitrogens is 3. The summed E-state index contributed by atoms with van der Waals surface area (Å²) in [5.41, 5.74) is 1.93. The Hall–Kier alpha value is -2.60. The smallest absolute Gasteiger partial charge is 0.224 e. The molecule has 0 radical (unpaired) electrons. The first-order chi connectivity index (χ1) is 13.3. The van der Waals surface area contributed by atoms with Crippen LogP contribution in [0.4, 0.5) is 17.5 Å². The first-order valence-electron chi connectivity index (χ1n) is 9.40. The maximum atomic E-state index is 6.05. The van der Waals surface area contributed by atoms with E-state index in [0.29, 0.717) is 11.0 Å². The Morgan fingerprint density at radius 3 is 2.63 bits per heavy atom. The fourth-order valence-corrected chi connectivity index (χ4v) is 3.55. The summed E-state index contributed by atoms with van der Waals surface area (Å²) in [7, 11) is 0. The van der Waals surface area contributed by atoms with Crippen LogP contribution in [0.3, 0.4) is 0 Å². The zero-order valence-corrected chi connectivity index (χ0v) is 15.9. The Bertz CT molecular complexity index is 910. The second-order valence-electron chi connectivity index (χ2n) is 6.66. The highest BCUT2D eigenvalue weighted by Crippen LogP contribution is 2.24. The molecule has 2 N–H and O–H groups in total. The third-order valence-corrected chi connectivity index (χ3v) is 4.98. The Labute approximate surface area is 164 Å². The van der Waals surface area contributed by atoms with Gasteiger partial charge in [0.2, 0.25) is 5.95 Å². The maximum absolute atomic E-state index is 6.05. The number of nitrogens with one attached hydrogen (secondary N) is 2. The second kappa shape index (κ2) is 8.39. The molecule has 1 saturated heterocycles. The van der Waals surface area contributed by atoms with Gasteiger partial charge in [0, 0.05) is 54.7 Å². The second-order valence-corrected chi connectivity index (χ2v) is 7.10. The predicted octanol–water partition coefficient (Wildman–Crippen LogP) is 4.19. The zero-order chi connectivity index (χ0) is 18.5. The van der Waals surface area contributed by atoms with Crippen LogP contribution in [-0.2, 0) is 0 Å². The van der Waals surface area contributed by atoms with Crippen LogP contribution in [-0.4, -0.2) is 41.1 Å². The van der Waals surface area contributed by atoms with Gasteiger partial charge in [-0.15, -0.1) is 0 Å². The molecule has 6 nitrogen and oxygen atoms in total. The summed E-state index contributed by atoms with van der Waals surface area (Å²) < 4.78 is 0. The monoisotopic (exact) mass is 382 g/mol. The van der Waals surface area contributed by atoms with Gasteiger partial charge < -0.3 is 15.5 Å². The number of hydrogen-bond donors (Lipinski definition) is 2. The summed E-state index contributed by atoms with van der Waals surface area (Å²) in [4.78, 5) is 15.7. The SMILES string of the molecule is Clc1ccc2c(NCCNc3nccc(N4CCCCC4)n3)ccnc2c1. The van der Waals surface area contributed by atoms with Crippen molar-refractivity contribution < 1.29 is 0 Å². The molecule has 1 aliphatic heterocycles. The number of rotatable bonds is 6. The largest absolute Gasteiger partial charge is 0.383 e. The Kier molecular flexibility index (Phi) is 5.53. The van der Waals surface area contributed by atoms with Gasteiger partial charge >= 0.3 is 0 Å². The van der Waals surface area contributed by atoms with Gasteiger partial charge in [-0.2, -0.15) is 4.98 Å². The number of benzene rings is 1. The molecular weight excluding hydrogens is 360 g/mol. The molecule has 140 valence electrons. The van der Waals surface area contributed by atoms with Gasteiger partial charge in [-0.1, -0.05) is 11.6 Å². The van der Waals surface area contributed by atoms with Crippen LogP contribution in [0.2, 0.25) is 5.02 Å². The van der Waals surface area contributed by atoms with Crippen LogP contribution < -0.4 is 15.5 Å². The van der Waals surface area contributed by atoms with Crippen LogP contribution in [0.15, 0.2) is 42.7 Å². The van der Waals surface area contributed by atoms with E-state index < -0.39 is 0 Å². The number of anilines is 3. The van der Waals surface area contributed by atoms with Crippen molar-refractivity contribution in [3.05, 3.63) is 47.7 Å². The Balaban J connectivity index is 1.34. The summed E-state index contributed by atoms with van der Waals surface area (Å²) in [6.45, 7) is 3.63. The van der Waals surface area contributed by atoms with E-state index in [9.17, 15) is 0 Å². The van der Waals surface area contributed by atoms with E-state index in [4.69, 9.17) is 11.6 Å². The van der Waals surface area contributed by atoms with Gasteiger partial charge in [-0.3, -0.25) is 4.98 Å². The van der Waals surface area contributed by atoms with E-state index in [0.717, 1.165) is 48.6 Å². The van der Waals surface area contributed by atoms with Crippen molar-refractivity contribution in [1.82, 2.24) is 15.0 Å². The van der Waals surface area contributed by atoms with Gasteiger partial charge in [0.1, 0.15) is 5.82 Å². The molecule has 1 aliphatic rings. The third-order valence-electron chi connectivity index (χ3n) is 4.75. The van der Waals surface area contributed by atoms with Crippen molar-refractivity contribution in [2.45, 2.75) is 19.3 Å². The average molecular weight is 383 g/mol. The van der Waals surface area contributed by atoms with Crippen LogP contribution in [0.5, 0.6) is 0 Å². The highest BCUT2D eigenvalue weighted by Gasteiger charge is 2.12. The lowest BCUT2D eigenvalue weighted by molar-refractivity contribution is 0.573. The molecule has 0 unspecified atom stereocenters. The van der Waals surface area contributed by atoms with Gasteiger partial charge in [0.15, 0.2) is 0 Å². The highest BCUT2D eigenvalue weighted by atomic mass is 35.5. The minimum absolute atomic E-state index is 0.672. The minimum Gasteiger partial charge on any atom is -0.383 e. The van der Waals surface area contributed by atoms with Gasteiger partial charge in [0.25, 0.3) is 0 Å². The number of halogens is 1. The lowest BCUT2D eigenvalue weighted by Crippen LogP contribution is -2.30. The van der Waals surface area contributed by atoms with Crippen molar-refractivity contribution >= 4 is 40.0 Å². The van der Waals surface area contributed by atoms with Crippen molar-refractivity contribution in [3.8, 4) is 0 Å². The Morgan fingerprint density at radius 2 is 1.74 bits per heavy atom. The molecule has 4 rings (SSSR count). The van der Waals surface area contributed by atoms with E-state index in [1.54, 1.807) is 6.20 Å². The molecule has 3 heterocycles. The van der Waals surface area contributed by atoms with Crippen LogP contribution >= 0.6 is 11.6 Å². The molecule has 0 aliphatic carbocycles. The van der Waals surface area contributed by atoms with Crippen molar-refractivity contribution in [2.24, 2.45) is 0 Å². The van der Waals surface area contributed by atoms with Crippen LogP contribution in [0, 0.1) is 0 Å². The predicted molar refractivity (Wildman–Crippen MR) is 112 cm³/mol. The molecule has 27 heavy (non-hydrogen) atoms. The number of piperidine rings is 1. The number of fused-ring (bicyclic) bond motifs is 1. The highest BCUT2D eigenvalue weighted by molar-refractivity contribution is 6.31. The number of nitrogens with zero attached hydrogens (tertiary/aromatic N) is 4. The Morgan fingerprint density at radius 1 is 0.926 bits per heavy atom. The van der Waals surface area contributed by atoms with E-state index >= 15 is 0 Å². The summed E-state index contributed by atoms with van der Waals surface area (Å²) in [6, 6.07) is 9.72. The van der Waals surface area contributed by atoms with Crippen LogP contribution in [0.1, 0.15) is 19.3 Å². The van der Waals surface area contributed by atoms with E-state index in [2.05, 4.69) is 30.5 Å². The van der Waals surface area contributed by atoms with Gasteiger partial charge in [0.05, 0.1) is 5.52 Å². The molecule has 2 aromatic heterocycles. The molecule has 0 spiro atoms. The normalized spacial score (nSPS) is 14.3.